The number of nitro groups is 1. The number of nitro benzene ring substituents is 1. The summed E-state index contributed by atoms with van der Waals surface area (Å²) >= 11 is 3.50. The molecule has 1 aliphatic rings. The van der Waals surface area contributed by atoms with Crippen molar-refractivity contribution in [1.82, 2.24) is 0 Å². The largest absolute Gasteiger partial charge is 0.481 e. The molecule has 104 valence electrons. The van der Waals surface area contributed by atoms with Gasteiger partial charge < -0.3 is 9.47 Å². The average molecular weight is 330 g/mol. The van der Waals surface area contributed by atoms with Gasteiger partial charge in [0.1, 0.15) is 12.2 Å². The minimum atomic E-state index is -0.414. The SMILES string of the molecule is CCOC1C(Br)CC1Oc1ccc(C)cc1[N+](=O)[O-]. The molecule has 6 heteroatoms. The lowest BCUT2D eigenvalue weighted by Gasteiger charge is -2.40. The highest BCUT2D eigenvalue weighted by atomic mass is 79.9. The van der Waals surface area contributed by atoms with Crippen LogP contribution in [0.2, 0.25) is 0 Å². The summed E-state index contributed by atoms with van der Waals surface area (Å²) in [5, 5.41) is 11.0. The molecule has 3 unspecified atom stereocenters. The molecule has 0 bridgehead atoms. The Kier molecular flexibility index (Phi) is 4.42. The van der Waals surface area contributed by atoms with E-state index in [1.165, 1.54) is 6.07 Å². The van der Waals surface area contributed by atoms with Crippen LogP contribution in [-0.2, 0) is 4.74 Å². The summed E-state index contributed by atoms with van der Waals surface area (Å²) in [6.07, 6.45) is 0.604. The fraction of sp³-hybridized carbons (Fsp3) is 0.538. The predicted molar refractivity (Wildman–Crippen MR) is 75.0 cm³/mol. The molecule has 1 aromatic carbocycles. The zero-order valence-corrected chi connectivity index (χ0v) is 12.4. The number of nitrogens with zero attached hydrogens (tertiary/aromatic N) is 1. The van der Waals surface area contributed by atoms with Crippen LogP contribution in [0.25, 0.3) is 0 Å². The second kappa shape index (κ2) is 5.88. The van der Waals surface area contributed by atoms with E-state index in [4.69, 9.17) is 9.47 Å². The second-order valence-electron chi connectivity index (χ2n) is 4.56. The molecule has 5 nitrogen and oxygen atoms in total. The van der Waals surface area contributed by atoms with Crippen molar-refractivity contribution in [3.05, 3.63) is 33.9 Å². The van der Waals surface area contributed by atoms with Crippen LogP contribution in [0, 0.1) is 17.0 Å². The van der Waals surface area contributed by atoms with E-state index in [0.717, 1.165) is 12.0 Å². The van der Waals surface area contributed by atoms with Crippen LogP contribution < -0.4 is 4.74 Å². The van der Waals surface area contributed by atoms with Crippen LogP contribution in [0.5, 0.6) is 5.75 Å². The van der Waals surface area contributed by atoms with Crippen LogP contribution in [0.4, 0.5) is 5.69 Å². The van der Waals surface area contributed by atoms with Crippen LogP contribution in [-0.4, -0.2) is 28.6 Å². The van der Waals surface area contributed by atoms with E-state index >= 15 is 0 Å². The lowest BCUT2D eigenvalue weighted by molar-refractivity contribution is -0.386. The van der Waals surface area contributed by atoms with Crippen molar-refractivity contribution in [1.29, 1.82) is 0 Å². The Balaban J connectivity index is 2.13. The number of ether oxygens (including phenoxy) is 2. The Bertz CT molecular complexity index is 480. The van der Waals surface area contributed by atoms with E-state index in [9.17, 15) is 10.1 Å². The first-order valence-corrected chi connectivity index (χ1v) is 7.12. The summed E-state index contributed by atoms with van der Waals surface area (Å²) in [6, 6.07) is 4.98. The van der Waals surface area contributed by atoms with Crippen molar-refractivity contribution in [3.8, 4) is 5.75 Å². The summed E-state index contributed by atoms with van der Waals surface area (Å²) in [6.45, 7) is 4.34. The van der Waals surface area contributed by atoms with Crippen molar-refractivity contribution < 1.29 is 14.4 Å². The van der Waals surface area contributed by atoms with Crippen molar-refractivity contribution in [2.75, 3.05) is 6.61 Å². The monoisotopic (exact) mass is 329 g/mol. The molecule has 2 rings (SSSR count). The van der Waals surface area contributed by atoms with Gasteiger partial charge in [-0.15, -0.1) is 0 Å². The maximum Gasteiger partial charge on any atom is 0.311 e. The third-order valence-electron chi connectivity index (χ3n) is 3.13. The first-order valence-electron chi connectivity index (χ1n) is 6.20. The highest BCUT2D eigenvalue weighted by molar-refractivity contribution is 9.09. The first kappa shape index (κ1) is 14.3. The third kappa shape index (κ3) is 3.06. The number of hydrogen-bond acceptors (Lipinski definition) is 4. The van der Waals surface area contributed by atoms with E-state index in [-0.39, 0.29) is 22.7 Å². The fourth-order valence-electron chi connectivity index (χ4n) is 2.08. The summed E-state index contributed by atoms with van der Waals surface area (Å²) in [5.74, 6) is 0.310. The molecule has 3 atom stereocenters. The van der Waals surface area contributed by atoms with Crippen LogP contribution >= 0.6 is 15.9 Å². The zero-order valence-electron chi connectivity index (χ0n) is 10.8. The molecular weight excluding hydrogens is 314 g/mol. The molecule has 1 saturated carbocycles. The van der Waals surface area contributed by atoms with Gasteiger partial charge >= 0.3 is 5.69 Å². The van der Waals surface area contributed by atoms with E-state index in [1.54, 1.807) is 6.07 Å². The Labute approximate surface area is 120 Å². The van der Waals surface area contributed by atoms with Crippen LogP contribution in [0.3, 0.4) is 0 Å². The van der Waals surface area contributed by atoms with Crippen LogP contribution in [0.1, 0.15) is 18.9 Å². The maximum atomic E-state index is 11.0. The molecular formula is C13H16BrNO4. The van der Waals surface area contributed by atoms with E-state index < -0.39 is 4.92 Å². The van der Waals surface area contributed by atoms with Gasteiger partial charge in [0.05, 0.1) is 4.92 Å². The summed E-state index contributed by atoms with van der Waals surface area (Å²) in [4.78, 5) is 10.9. The number of benzene rings is 1. The third-order valence-corrected chi connectivity index (χ3v) is 4.02. The lowest BCUT2D eigenvalue weighted by Crippen LogP contribution is -2.52. The van der Waals surface area contributed by atoms with Gasteiger partial charge in [0.25, 0.3) is 0 Å². The van der Waals surface area contributed by atoms with Crippen molar-refractivity contribution in [2.45, 2.75) is 37.3 Å². The summed E-state index contributed by atoms with van der Waals surface area (Å²) in [7, 11) is 0. The molecule has 0 N–H and O–H groups in total. The van der Waals surface area contributed by atoms with Gasteiger partial charge in [-0.2, -0.15) is 0 Å². The zero-order chi connectivity index (χ0) is 14.0. The summed E-state index contributed by atoms with van der Waals surface area (Å²) < 4.78 is 11.3. The van der Waals surface area contributed by atoms with E-state index in [1.807, 2.05) is 19.9 Å². The number of hydrogen-bond donors (Lipinski definition) is 0. The van der Waals surface area contributed by atoms with Gasteiger partial charge in [0.15, 0.2) is 5.75 Å². The molecule has 1 fully saturated rings. The minimum absolute atomic E-state index is 0.00766. The molecule has 0 spiro atoms. The number of rotatable bonds is 5. The topological polar surface area (TPSA) is 61.6 Å². The van der Waals surface area contributed by atoms with E-state index in [2.05, 4.69) is 15.9 Å². The Hall–Kier alpha value is -1.14. The molecule has 1 aromatic rings. The Morgan fingerprint density at radius 1 is 1.53 bits per heavy atom. The quantitative estimate of drug-likeness (QED) is 0.472. The molecule has 0 aliphatic heterocycles. The molecule has 0 saturated heterocycles. The molecule has 0 radical (unpaired) electrons. The highest BCUT2D eigenvalue weighted by Crippen LogP contribution is 2.37. The van der Waals surface area contributed by atoms with Crippen molar-refractivity contribution in [2.24, 2.45) is 0 Å². The first-order chi connectivity index (χ1) is 9.02. The van der Waals surface area contributed by atoms with Crippen LogP contribution in [0.15, 0.2) is 18.2 Å². The van der Waals surface area contributed by atoms with Crippen molar-refractivity contribution >= 4 is 21.6 Å². The van der Waals surface area contributed by atoms with Gasteiger partial charge in [-0.1, -0.05) is 22.0 Å². The van der Waals surface area contributed by atoms with Gasteiger partial charge in [0, 0.05) is 23.9 Å². The molecule has 19 heavy (non-hydrogen) atoms. The maximum absolute atomic E-state index is 11.0. The number of aryl methyl sites for hydroxylation is 1. The number of halogens is 1. The standard InChI is InChI=1S/C13H16BrNO4/c1-3-18-13-9(14)7-12(13)19-11-5-4-8(2)6-10(11)15(16)17/h4-6,9,12-13H,3,7H2,1-2H3. The average Bonchev–Trinajstić information content (AvgIpc) is 2.37. The molecule has 1 aliphatic carbocycles. The fourth-order valence-corrected chi connectivity index (χ4v) is 2.94. The van der Waals surface area contributed by atoms with Gasteiger partial charge in [-0.05, 0) is 25.5 Å². The minimum Gasteiger partial charge on any atom is -0.481 e. The van der Waals surface area contributed by atoms with Gasteiger partial charge in [0.2, 0.25) is 0 Å². The number of alkyl halides is 1. The molecule has 0 amide bonds. The molecule has 0 heterocycles. The normalized spacial score (nSPS) is 25.7. The van der Waals surface area contributed by atoms with E-state index in [0.29, 0.717) is 12.4 Å². The smallest absolute Gasteiger partial charge is 0.311 e. The van der Waals surface area contributed by atoms with Crippen molar-refractivity contribution in [3.63, 3.8) is 0 Å². The summed E-state index contributed by atoms with van der Waals surface area (Å²) in [5.41, 5.74) is 0.848. The molecule has 0 aromatic heterocycles. The second-order valence-corrected chi connectivity index (χ2v) is 5.73. The van der Waals surface area contributed by atoms with Gasteiger partial charge in [-0.25, -0.2) is 0 Å². The predicted octanol–water partition coefficient (Wildman–Crippen LogP) is 3.22. The highest BCUT2D eigenvalue weighted by Gasteiger charge is 2.42. The Morgan fingerprint density at radius 3 is 2.84 bits per heavy atom. The Morgan fingerprint density at radius 2 is 2.26 bits per heavy atom. The lowest BCUT2D eigenvalue weighted by atomic mass is 9.91. The van der Waals surface area contributed by atoms with Gasteiger partial charge in [-0.3, -0.25) is 10.1 Å².